The number of carbonyl (C=O) groups excluding carboxylic acids is 1. The summed E-state index contributed by atoms with van der Waals surface area (Å²) in [5.41, 5.74) is 1.15. The maximum absolute atomic E-state index is 13.0. The lowest BCUT2D eigenvalue weighted by atomic mass is 10.0. The number of hydrogen-bond acceptors (Lipinski definition) is 4. The minimum Gasteiger partial charge on any atom is -0.479 e. The van der Waals surface area contributed by atoms with Crippen molar-refractivity contribution in [3.8, 4) is 11.8 Å². The molecule has 1 heterocycles. The molecule has 5 nitrogen and oxygen atoms in total. The molecule has 8 heteroatoms. The van der Waals surface area contributed by atoms with Gasteiger partial charge in [-0.05, 0) is 29.8 Å². The molecule has 2 aromatic carbocycles. The lowest BCUT2D eigenvalue weighted by molar-refractivity contribution is -0.144. The number of alkyl halides is 3. The van der Waals surface area contributed by atoms with Crippen LogP contribution in [0.4, 0.5) is 18.9 Å². The molecule has 26 heavy (non-hydrogen) atoms. The van der Waals surface area contributed by atoms with Crippen molar-refractivity contribution in [2.24, 2.45) is 0 Å². The minimum absolute atomic E-state index is 0.132. The molecule has 134 valence electrons. The van der Waals surface area contributed by atoms with Crippen LogP contribution in [0.2, 0.25) is 0 Å². The third-order valence-electron chi connectivity index (χ3n) is 3.87. The predicted molar refractivity (Wildman–Crippen MR) is 87.4 cm³/mol. The Morgan fingerprint density at radius 2 is 1.85 bits per heavy atom. The van der Waals surface area contributed by atoms with Gasteiger partial charge in [-0.15, -0.1) is 0 Å². The molecule has 1 aliphatic heterocycles. The Labute approximate surface area is 147 Å². The van der Waals surface area contributed by atoms with E-state index >= 15 is 0 Å². The lowest BCUT2D eigenvalue weighted by Crippen LogP contribution is -2.47. The largest absolute Gasteiger partial charge is 0.479 e. The number of benzene rings is 2. The van der Waals surface area contributed by atoms with Crippen LogP contribution in [0.5, 0.6) is 5.75 Å². The average Bonchev–Trinajstić information content (AvgIpc) is 2.62. The number of nitrogens with one attached hydrogen (secondary N) is 1. The van der Waals surface area contributed by atoms with E-state index in [-0.39, 0.29) is 12.2 Å². The number of carbonyl (C=O) groups is 1. The SMILES string of the molecule is N#CCOc1ccc([C@H]2Nc3ccccc3C(=O)N2CC(F)(F)F)cc1. The number of ether oxygens (including phenoxy) is 1. The topological polar surface area (TPSA) is 65.4 Å². The van der Waals surface area contributed by atoms with E-state index in [0.717, 1.165) is 4.90 Å². The molecule has 0 saturated heterocycles. The molecule has 0 aromatic heterocycles. The molecule has 0 radical (unpaired) electrons. The molecule has 1 aliphatic rings. The zero-order chi connectivity index (χ0) is 18.7. The van der Waals surface area contributed by atoms with Gasteiger partial charge in [0.25, 0.3) is 5.91 Å². The molecule has 1 N–H and O–H groups in total. The molecule has 1 atom stereocenters. The van der Waals surface area contributed by atoms with Crippen LogP contribution >= 0.6 is 0 Å². The average molecular weight is 361 g/mol. The molecule has 0 bridgehead atoms. The third-order valence-corrected chi connectivity index (χ3v) is 3.87. The number of para-hydroxylation sites is 1. The predicted octanol–water partition coefficient (Wildman–Crippen LogP) is 3.72. The molecule has 1 amide bonds. The van der Waals surface area contributed by atoms with Crippen LogP contribution in [-0.2, 0) is 0 Å². The van der Waals surface area contributed by atoms with Crippen LogP contribution in [0, 0.1) is 11.3 Å². The van der Waals surface area contributed by atoms with E-state index in [9.17, 15) is 18.0 Å². The monoisotopic (exact) mass is 361 g/mol. The van der Waals surface area contributed by atoms with Gasteiger partial charge in [0.05, 0.1) is 5.56 Å². The second-order valence-electron chi connectivity index (χ2n) is 5.66. The van der Waals surface area contributed by atoms with Crippen LogP contribution < -0.4 is 10.1 Å². The third kappa shape index (κ3) is 3.72. The van der Waals surface area contributed by atoms with E-state index < -0.39 is 24.8 Å². The van der Waals surface area contributed by atoms with Gasteiger partial charge in [-0.1, -0.05) is 24.3 Å². The molecular weight excluding hydrogens is 347 g/mol. The molecule has 0 fully saturated rings. The number of nitrogens with zero attached hydrogens (tertiary/aromatic N) is 2. The van der Waals surface area contributed by atoms with E-state index in [0.29, 0.717) is 17.0 Å². The van der Waals surface area contributed by atoms with Gasteiger partial charge in [-0.2, -0.15) is 18.4 Å². The summed E-state index contributed by atoms with van der Waals surface area (Å²) in [5.74, 6) is -0.272. The molecule has 0 aliphatic carbocycles. The van der Waals surface area contributed by atoms with Gasteiger partial charge >= 0.3 is 6.18 Å². The summed E-state index contributed by atoms with van der Waals surface area (Å²) < 4.78 is 44.2. The van der Waals surface area contributed by atoms with Crippen LogP contribution in [0.25, 0.3) is 0 Å². The first-order valence-corrected chi connectivity index (χ1v) is 7.72. The Hall–Kier alpha value is -3.21. The first kappa shape index (κ1) is 17.6. The number of halogens is 3. The van der Waals surface area contributed by atoms with E-state index in [4.69, 9.17) is 10.00 Å². The van der Waals surface area contributed by atoms with Crippen LogP contribution in [0.3, 0.4) is 0 Å². The summed E-state index contributed by atoms with van der Waals surface area (Å²) in [4.78, 5) is 13.4. The summed E-state index contributed by atoms with van der Waals surface area (Å²) in [6.07, 6.45) is -5.50. The highest BCUT2D eigenvalue weighted by Gasteiger charge is 2.40. The molecule has 0 spiro atoms. The highest BCUT2D eigenvalue weighted by atomic mass is 19.4. The second-order valence-corrected chi connectivity index (χ2v) is 5.66. The summed E-state index contributed by atoms with van der Waals surface area (Å²) in [5, 5.41) is 11.5. The zero-order valence-corrected chi connectivity index (χ0v) is 13.5. The Morgan fingerprint density at radius 3 is 2.50 bits per heavy atom. The van der Waals surface area contributed by atoms with Gasteiger partial charge in [0.15, 0.2) is 6.61 Å². The first-order valence-electron chi connectivity index (χ1n) is 7.72. The normalized spacial score (nSPS) is 16.5. The van der Waals surface area contributed by atoms with E-state index in [1.54, 1.807) is 42.5 Å². The fraction of sp³-hybridized carbons (Fsp3) is 0.222. The van der Waals surface area contributed by atoms with Crippen molar-refractivity contribution in [2.75, 3.05) is 18.5 Å². The van der Waals surface area contributed by atoms with E-state index in [1.807, 2.05) is 6.07 Å². The fourth-order valence-electron chi connectivity index (χ4n) is 2.77. The number of hydrogen-bond donors (Lipinski definition) is 1. The summed E-state index contributed by atoms with van der Waals surface area (Å²) >= 11 is 0. The van der Waals surface area contributed by atoms with E-state index in [2.05, 4.69) is 5.32 Å². The summed E-state index contributed by atoms with van der Waals surface area (Å²) in [6, 6.07) is 14.5. The standard InChI is InChI=1S/C18H14F3N3O2/c19-18(20,21)11-24-16(12-5-7-13(8-6-12)26-10-9-22)23-15-4-2-1-3-14(15)17(24)25/h1-8,16,23H,10-11H2/t16-/m0/s1. The molecule has 0 saturated carbocycles. The second kappa shape index (κ2) is 6.96. The number of amides is 1. The Balaban J connectivity index is 1.94. The molecule has 2 aromatic rings. The van der Waals surface area contributed by atoms with Crippen molar-refractivity contribution >= 4 is 11.6 Å². The fourth-order valence-corrected chi connectivity index (χ4v) is 2.77. The maximum Gasteiger partial charge on any atom is 0.406 e. The summed E-state index contributed by atoms with van der Waals surface area (Å²) in [6.45, 7) is -1.50. The summed E-state index contributed by atoms with van der Waals surface area (Å²) in [7, 11) is 0. The molecule has 0 unspecified atom stereocenters. The highest BCUT2D eigenvalue weighted by molar-refractivity contribution is 6.01. The molecule has 3 rings (SSSR count). The van der Waals surface area contributed by atoms with Gasteiger partial charge in [-0.25, -0.2) is 0 Å². The van der Waals surface area contributed by atoms with Crippen molar-refractivity contribution in [1.82, 2.24) is 4.90 Å². The van der Waals surface area contributed by atoms with Crippen LogP contribution in [-0.4, -0.2) is 30.1 Å². The van der Waals surface area contributed by atoms with Gasteiger partial charge in [0, 0.05) is 5.69 Å². The Bertz CT molecular complexity index is 844. The first-order chi connectivity index (χ1) is 12.4. The zero-order valence-electron chi connectivity index (χ0n) is 13.5. The Morgan fingerprint density at radius 1 is 1.15 bits per heavy atom. The lowest BCUT2D eigenvalue weighted by Gasteiger charge is -2.38. The van der Waals surface area contributed by atoms with Crippen LogP contribution in [0.1, 0.15) is 22.1 Å². The number of anilines is 1. The van der Waals surface area contributed by atoms with Gasteiger partial charge in [-0.3, -0.25) is 4.79 Å². The number of fused-ring (bicyclic) bond motifs is 1. The quantitative estimate of drug-likeness (QED) is 0.901. The van der Waals surface area contributed by atoms with Crippen molar-refractivity contribution in [2.45, 2.75) is 12.3 Å². The number of nitriles is 1. The molecular formula is C18H14F3N3O2. The van der Waals surface area contributed by atoms with Crippen molar-refractivity contribution in [1.29, 1.82) is 5.26 Å². The minimum atomic E-state index is -4.53. The smallest absolute Gasteiger partial charge is 0.406 e. The van der Waals surface area contributed by atoms with Gasteiger partial charge < -0.3 is 15.0 Å². The van der Waals surface area contributed by atoms with E-state index in [1.165, 1.54) is 6.07 Å². The van der Waals surface area contributed by atoms with Gasteiger partial charge in [0.2, 0.25) is 0 Å². The van der Waals surface area contributed by atoms with Crippen molar-refractivity contribution in [3.05, 3.63) is 59.7 Å². The van der Waals surface area contributed by atoms with Crippen LogP contribution in [0.15, 0.2) is 48.5 Å². The maximum atomic E-state index is 13.0. The van der Waals surface area contributed by atoms with Crippen molar-refractivity contribution < 1.29 is 22.7 Å². The van der Waals surface area contributed by atoms with Crippen molar-refractivity contribution in [3.63, 3.8) is 0 Å². The van der Waals surface area contributed by atoms with Gasteiger partial charge in [0.1, 0.15) is 24.5 Å². The number of rotatable bonds is 4. The highest BCUT2D eigenvalue weighted by Crippen LogP contribution is 2.35. The Kier molecular flexibility index (Phi) is 4.71.